The third-order valence-electron chi connectivity index (χ3n) is 6.96. The fraction of sp³-hybridized carbons (Fsp3) is 0.448. The molecule has 1 fully saturated rings. The molecule has 204 valence electrons. The molecule has 0 saturated carbocycles. The number of ether oxygens (including phenoxy) is 1. The molecular weight excluding hydrogens is 511 g/mol. The molecule has 5 nitrogen and oxygen atoms in total. The minimum atomic E-state index is -0.905. The number of benzene rings is 2. The molecule has 1 aliphatic heterocycles. The van der Waals surface area contributed by atoms with Crippen molar-refractivity contribution in [2.75, 3.05) is 25.4 Å². The number of carbonyl (C=O) groups excluding carboxylic acids is 1. The van der Waals surface area contributed by atoms with Gasteiger partial charge in [0, 0.05) is 29.9 Å². The summed E-state index contributed by atoms with van der Waals surface area (Å²) in [5.74, 6) is -0.643. The summed E-state index contributed by atoms with van der Waals surface area (Å²) in [5, 5.41) is 0.737. The van der Waals surface area contributed by atoms with Crippen molar-refractivity contribution in [3.05, 3.63) is 77.4 Å². The average Bonchev–Trinajstić information content (AvgIpc) is 3.33. The highest BCUT2D eigenvalue weighted by Gasteiger charge is 2.31. The summed E-state index contributed by atoms with van der Waals surface area (Å²) in [6.07, 6.45) is 3.24. The molecular formula is C29H34F3N3O2S. The van der Waals surface area contributed by atoms with Gasteiger partial charge in [-0.05, 0) is 66.6 Å². The van der Waals surface area contributed by atoms with Gasteiger partial charge in [-0.25, -0.2) is 22.9 Å². The molecule has 1 aromatic heterocycles. The first-order chi connectivity index (χ1) is 18.1. The van der Waals surface area contributed by atoms with Gasteiger partial charge in [-0.2, -0.15) is 0 Å². The van der Waals surface area contributed by atoms with E-state index in [0.717, 1.165) is 41.2 Å². The molecule has 2 heterocycles. The van der Waals surface area contributed by atoms with E-state index in [-0.39, 0.29) is 11.9 Å². The van der Waals surface area contributed by atoms with Gasteiger partial charge in [0.2, 0.25) is 0 Å². The second kappa shape index (κ2) is 11.8. The lowest BCUT2D eigenvalue weighted by Gasteiger charge is -2.31. The Hall–Kier alpha value is -2.94. The quantitative estimate of drug-likeness (QED) is 0.281. The Morgan fingerprint density at radius 3 is 2.39 bits per heavy atom. The lowest BCUT2D eigenvalue weighted by Crippen LogP contribution is -2.39. The first-order valence-corrected chi connectivity index (χ1v) is 13.9. The highest BCUT2D eigenvalue weighted by atomic mass is 32.2. The Morgan fingerprint density at radius 2 is 1.76 bits per heavy atom. The first kappa shape index (κ1) is 28.1. The zero-order valence-electron chi connectivity index (χ0n) is 22.2. The van der Waals surface area contributed by atoms with Crippen molar-refractivity contribution in [1.29, 1.82) is 0 Å². The van der Waals surface area contributed by atoms with Crippen molar-refractivity contribution in [2.45, 2.75) is 51.1 Å². The van der Waals surface area contributed by atoms with E-state index in [1.165, 1.54) is 18.2 Å². The molecule has 0 spiro atoms. The van der Waals surface area contributed by atoms with Gasteiger partial charge < -0.3 is 9.64 Å². The van der Waals surface area contributed by atoms with Gasteiger partial charge in [0.1, 0.15) is 5.82 Å². The van der Waals surface area contributed by atoms with Crippen LogP contribution in [0.5, 0.6) is 0 Å². The molecule has 1 aliphatic rings. The Bertz CT molecular complexity index is 1250. The summed E-state index contributed by atoms with van der Waals surface area (Å²) in [7, 11) is 0. The van der Waals surface area contributed by atoms with Crippen LogP contribution in [0.4, 0.5) is 18.0 Å². The number of rotatable bonds is 8. The summed E-state index contributed by atoms with van der Waals surface area (Å²) in [6, 6.07) is 10.1. The first-order valence-electron chi connectivity index (χ1n) is 12.9. The number of likely N-dealkylation sites (tertiary alicyclic amines) is 1. The minimum absolute atomic E-state index is 0.249. The smallest absolute Gasteiger partial charge is 0.409 e. The number of amides is 1. The molecule has 2 aromatic carbocycles. The standard InChI is InChI=1S/C29H34F3N3O2S/c1-19(2)17-37-28(36)34-13-11-20(12-14-34)18-38-27-33-16-26(35(27)23-8-6-22(30)7-9-23)29(3,4)21-5-10-24(31)25(32)15-21/h5-10,15-16,19-20H,11-14,17-18H2,1-4H3. The molecule has 0 atom stereocenters. The maximum absolute atomic E-state index is 14.1. The molecule has 38 heavy (non-hydrogen) atoms. The van der Waals surface area contributed by atoms with Crippen LogP contribution in [0.2, 0.25) is 0 Å². The monoisotopic (exact) mass is 545 g/mol. The molecule has 0 bridgehead atoms. The van der Waals surface area contributed by atoms with E-state index in [1.807, 2.05) is 32.3 Å². The molecule has 0 radical (unpaired) electrons. The van der Waals surface area contributed by atoms with Gasteiger partial charge in [-0.15, -0.1) is 0 Å². The second-order valence-corrected chi connectivity index (χ2v) is 11.7. The van der Waals surface area contributed by atoms with Crippen LogP contribution in [0.1, 0.15) is 51.8 Å². The van der Waals surface area contributed by atoms with Crippen molar-refractivity contribution >= 4 is 17.9 Å². The Labute approximate surface area is 226 Å². The zero-order valence-corrected chi connectivity index (χ0v) is 23.0. The fourth-order valence-corrected chi connectivity index (χ4v) is 5.73. The summed E-state index contributed by atoms with van der Waals surface area (Å²) in [6.45, 7) is 9.61. The van der Waals surface area contributed by atoms with Gasteiger partial charge in [0.25, 0.3) is 0 Å². The number of imidazole rings is 1. The summed E-state index contributed by atoms with van der Waals surface area (Å²) >= 11 is 1.60. The van der Waals surface area contributed by atoms with Crippen LogP contribution >= 0.6 is 11.8 Å². The van der Waals surface area contributed by atoms with Crippen LogP contribution in [0.25, 0.3) is 5.69 Å². The number of carbonyl (C=O) groups is 1. The van der Waals surface area contributed by atoms with Crippen LogP contribution in [0, 0.1) is 29.3 Å². The number of nitrogens with zero attached hydrogens (tertiary/aromatic N) is 3. The predicted octanol–water partition coefficient (Wildman–Crippen LogP) is 7.21. The maximum atomic E-state index is 14.1. The number of piperidine rings is 1. The zero-order chi connectivity index (χ0) is 27.4. The predicted molar refractivity (Wildman–Crippen MR) is 143 cm³/mol. The number of halogens is 3. The lowest BCUT2D eigenvalue weighted by molar-refractivity contribution is 0.0806. The topological polar surface area (TPSA) is 47.4 Å². The number of thioether (sulfide) groups is 1. The van der Waals surface area contributed by atoms with Gasteiger partial charge in [0.15, 0.2) is 16.8 Å². The van der Waals surface area contributed by atoms with Crippen molar-refractivity contribution in [3.8, 4) is 5.69 Å². The maximum Gasteiger partial charge on any atom is 0.409 e. The van der Waals surface area contributed by atoms with Gasteiger partial charge >= 0.3 is 6.09 Å². The molecule has 9 heteroatoms. The highest BCUT2D eigenvalue weighted by molar-refractivity contribution is 7.99. The average molecular weight is 546 g/mol. The summed E-state index contributed by atoms with van der Waals surface area (Å²) in [5.41, 5.74) is 1.41. The van der Waals surface area contributed by atoms with E-state index in [4.69, 9.17) is 9.72 Å². The summed E-state index contributed by atoms with van der Waals surface area (Å²) in [4.78, 5) is 18.7. The molecule has 1 saturated heterocycles. The van der Waals surface area contributed by atoms with Crippen LogP contribution < -0.4 is 0 Å². The van der Waals surface area contributed by atoms with Crippen LogP contribution in [0.15, 0.2) is 53.8 Å². The summed E-state index contributed by atoms with van der Waals surface area (Å²) < 4.78 is 48.8. The van der Waals surface area contributed by atoms with Crippen molar-refractivity contribution < 1.29 is 22.7 Å². The largest absolute Gasteiger partial charge is 0.449 e. The molecule has 0 aliphatic carbocycles. The Morgan fingerprint density at radius 1 is 1.08 bits per heavy atom. The molecule has 1 amide bonds. The third-order valence-corrected chi connectivity index (χ3v) is 8.14. The molecule has 0 N–H and O–H groups in total. The Balaban J connectivity index is 1.52. The van der Waals surface area contributed by atoms with E-state index < -0.39 is 17.0 Å². The molecule has 3 aromatic rings. The fourth-order valence-electron chi connectivity index (χ4n) is 4.55. The minimum Gasteiger partial charge on any atom is -0.449 e. The highest BCUT2D eigenvalue weighted by Crippen LogP contribution is 2.37. The van der Waals surface area contributed by atoms with E-state index in [1.54, 1.807) is 41.1 Å². The lowest BCUT2D eigenvalue weighted by atomic mass is 9.81. The van der Waals surface area contributed by atoms with Crippen molar-refractivity contribution in [3.63, 3.8) is 0 Å². The normalized spacial score (nSPS) is 14.8. The van der Waals surface area contributed by atoms with E-state index in [2.05, 4.69) is 0 Å². The second-order valence-electron chi connectivity index (χ2n) is 10.7. The Kier molecular flexibility index (Phi) is 8.75. The number of aromatic nitrogens is 2. The van der Waals surface area contributed by atoms with Gasteiger partial charge in [-0.1, -0.05) is 45.5 Å². The van der Waals surface area contributed by atoms with E-state index >= 15 is 0 Å². The van der Waals surface area contributed by atoms with E-state index in [9.17, 15) is 18.0 Å². The third kappa shape index (κ3) is 6.37. The molecule has 0 unspecified atom stereocenters. The van der Waals surface area contributed by atoms with E-state index in [0.29, 0.717) is 37.1 Å². The number of hydrogen-bond donors (Lipinski definition) is 0. The SMILES string of the molecule is CC(C)COC(=O)N1CCC(CSc2ncc(C(C)(C)c3ccc(F)c(F)c3)n2-c2ccc(F)cc2)CC1. The van der Waals surface area contributed by atoms with Gasteiger partial charge in [-0.3, -0.25) is 4.57 Å². The van der Waals surface area contributed by atoms with Crippen LogP contribution in [0.3, 0.4) is 0 Å². The van der Waals surface area contributed by atoms with Crippen LogP contribution in [-0.2, 0) is 10.2 Å². The van der Waals surface area contributed by atoms with Crippen molar-refractivity contribution in [2.24, 2.45) is 11.8 Å². The molecule has 4 rings (SSSR count). The van der Waals surface area contributed by atoms with Gasteiger partial charge in [0.05, 0.1) is 18.5 Å². The number of hydrogen-bond acceptors (Lipinski definition) is 4. The van der Waals surface area contributed by atoms with Crippen LogP contribution in [-0.4, -0.2) is 46.0 Å². The van der Waals surface area contributed by atoms with Crippen molar-refractivity contribution in [1.82, 2.24) is 14.5 Å².